The Morgan fingerprint density at radius 2 is 2.00 bits per heavy atom. The lowest BCUT2D eigenvalue weighted by Crippen LogP contribution is -2.23. The Morgan fingerprint density at radius 1 is 1.41 bits per heavy atom. The number of benzene rings is 1. The van der Waals surface area contributed by atoms with Crippen molar-refractivity contribution in [2.75, 3.05) is 25.1 Å². The molecule has 1 aromatic rings. The van der Waals surface area contributed by atoms with Gasteiger partial charge in [0.25, 0.3) is 5.69 Å². The van der Waals surface area contributed by atoms with Crippen molar-refractivity contribution in [3.8, 4) is 5.75 Å². The molecule has 0 atom stereocenters. The first kappa shape index (κ1) is 13.8. The SMILES string of the molecule is CCN(CC)c1c(Br)cc([N+](=O)[O-])cc1OC. The molecule has 0 fully saturated rings. The largest absolute Gasteiger partial charge is 0.494 e. The molecule has 0 N–H and O–H groups in total. The van der Waals surface area contributed by atoms with E-state index in [-0.39, 0.29) is 5.69 Å². The minimum atomic E-state index is -0.431. The van der Waals surface area contributed by atoms with Crippen molar-refractivity contribution >= 4 is 27.3 Å². The average Bonchev–Trinajstić information content (AvgIpc) is 2.31. The second kappa shape index (κ2) is 5.86. The maximum atomic E-state index is 10.8. The van der Waals surface area contributed by atoms with E-state index in [0.29, 0.717) is 10.2 Å². The highest BCUT2D eigenvalue weighted by molar-refractivity contribution is 9.10. The lowest BCUT2D eigenvalue weighted by atomic mass is 10.2. The molecule has 0 saturated carbocycles. The van der Waals surface area contributed by atoms with Gasteiger partial charge < -0.3 is 9.64 Å². The third-order valence-electron chi connectivity index (χ3n) is 2.52. The smallest absolute Gasteiger partial charge is 0.274 e. The average molecular weight is 303 g/mol. The first-order valence-electron chi connectivity index (χ1n) is 5.32. The highest BCUT2D eigenvalue weighted by Crippen LogP contribution is 2.39. The van der Waals surface area contributed by atoms with Crippen LogP contribution in [0.5, 0.6) is 5.75 Å². The molecular weight excluding hydrogens is 288 g/mol. The molecule has 0 spiro atoms. The standard InChI is InChI=1S/C11H15BrN2O3/c1-4-13(5-2)11-9(12)6-8(14(15)16)7-10(11)17-3/h6-7H,4-5H2,1-3H3. The van der Waals surface area contributed by atoms with Crippen molar-refractivity contribution in [2.45, 2.75) is 13.8 Å². The van der Waals surface area contributed by atoms with Crippen LogP contribution in [0, 0.1) is 10.1 Å². The number of halogens is 1. The number of hydrogen-bond donors (Lipinski definition) is 0. The van der Waals surface area contributed by atoms with E-state index in [1.807, 2.05) is 13.8 Å². The van der Waals surface area contributed by atoms with E-state index in [9.17, 15) is 10.1 Å². The van der Waals surface area contributed by atoms with Crippen molar-refractivity contribution in [2.24, 2.45) is 0 Å². The highest BCUT2D eigenvalue weighted by Gasteiger charge is 2.19. The first-order chi connectivity index (χ1) is 8.04. The lowest BCUT2D eigenvalue weighted by Gasteiger charge is -2.24. The lowest BCUT2D eigenvalue weighted by molar-refractivity contribution is -0.385. The molecule has 0 aliphatic carbocycles. The number of non-ortho nitro benzene ring substituents is 1. The summed E-state index contributed by atoms with van der Waals surface area (Å²) in [4.78, 5) is 12.4. The van der Waals surface area contributed by atoms with Gasteiger partial charge >= 0.3 is 0 Å². The fourth-order valence-corrected chi connectivity index (χ4v) is 2.35. The van der Waals surface area contributed by atoms with Gasteiger partial charge in [0.05, 0.1) is 28.3 Å². The summed E-state index contributed by atoms with van der Waals surface area (Å²) in [7, 11) is 1.51. The maximum Gasteiger partial charge on any atom is 0.274 e. The Bertz CT molecular complexity index is 419. The van der Waals surface area contributed by atoms with Crippen LogP contribution in [-0.2, 0) is 0 Å². The van der Waals surface area contributed by atoms with Crippen LogP contribution in [0.4, 0.5) is 11.4 Å². The van der Waals surface area contributed by atoms with Crippen LogP contribution < -0.4 is 9.64 Å². The number of methoxy groups -OCH3 is 1. The van der Waals surface area contributed by atoms with E-state index in [1.165, 1.54) is 19.2 Å². The number of hydrogen-bond acceptors (Lipinski definition) is 4. The Balaban J connectivity index is 3.34. The van der Waals surface area contributed by atoms with Crippen LogP contribution in [0.25, 0.3) is 0 Å². The van der Waals surface area contributed by atoms with Crippen molar-refractivity contribution in [3.05, 3.63) is 26.7 Å². The third kappa shape index (κ3) is 2.88. The summed E-state index contributed by atoms with van der Waals surface area (Å²) in [6, 6.07) is 2.94. The van der Waals surface area contributed by atoms with E-state index in [4.69, 9.17) is 4.74 Å². The summed E-state index contributed by atoms with van der Waals surface area (Å²) in [6.45, 7) is 5.67. The summed E-state index contributed by atoms with van der Waals surface area (Å²) in [5, 5.41) is 10.8. The van der Waals surface area contributed by atoms with Gasteiger partial charge in [-0.3, -0.25) is 10.1 Å². The second-order valence-corrected chi connectivity index (χ2v) is 4.26. The second-order valence-electron chi connectivity index (χ2n) is 3.41. The molecular formula is C11H15BrN2O3. The maximum absolute atomic E-state index is 10.8. The van der Waals surface area contributed by atoms with Crippen LogP contribution in [0.2, 0.25) is 0 Å². The predicted octanol–water partition coefficient (Wildman–Crippen LogP) is 3.21. The molecule has 6 heteroatoms. The van der Waals surface area contributed by atoms with Gasteiger partial charge in [0.2, 0.25) is 0 Å². The minimum Gasteiger partial charge on any atom is -0.494 e. The Hall–Kier alpha value is -1.30. The van der Waals surface area contributed by atoms with Crippen molar-refractivity contribution < 1.29 is 9.66 Å². The van der Waals surface area contributed by atoms with Crippen LogP contribution in [0.15, 0.2) is 16.6 Å². The number of nitro benzene ring substituents is 1. The molecule has 0 radical (unpaired) electrons. The van der Waals surface area contributed by atoms with Crippen molar-refractivity contribution in [3.63, 3.8) is 0 Å². The van der Waals surface area contributed by atoms with Gasteiger partial charge in [0.1, 0.15) is 5.75 Å². The number of nitro groups is 1. The molecule has 0 heterocycles. The molecule has 0 aromatic heterocycles. The fraction of sp³-hybridized carbons (Fsp3) is 0.455. The summed E-state index contributed by atoms with van der Waals surface area (Å²) in [5.74, 6) is 0.509. The third-order valence-corrected chi connectivity index (χ3v) is 3.13. The first-order valence-corrected chi connectivity index (χ1v) is 6.11. The number of ether oxygens (including phenoxy) is 1. The molecule has 17 heavy (non-hydrogen) atoms. The van der Waals surface area contributed by atoms with E-state index < -0.39 is 4.92 Å². The zero-order valence-electron chi connectivity index (χ0n) is 10.1. The number of nitrogens with zero attached hydrogens (tertiary/aromatic N) is 2. The summed E-state index contributed by atoms with van der Waals surface area (Å²) >= 11 is 3.36. The van der Waals surface area contributed by atoms with Gasteiger partial charge in [-0.15, -0.1) is 0 Å². The summed E-state index contributed by atoms with van der Waals surface area (Å²) in [5.41, 5.74) is 0.868. The van der Waals surface area contributed by atoms with Crippen LogP contribution in [-0.4, -0.2) is 25.1 Å². The van der Waals surface area contributed by atoms with Crippen LogP contribution in [0.1, 0.15) is 13.8 Å². The Labute approximate surface area is 109 Å². The summed E-state index contributed by atoms with van der Waals surface area (Å²) in [6.07, 6.45) is 0. The fourth-order valence-electron chi connectivity index (χ4n) is 1.67. The molecule has 0 aliphatic heterocycles. The van der Waals surface area contributed by atoms with Gasteiger partial charge in [0.15, 0.2) is 0 Å². The number of anilines is 1. The monoisotopic (exact) mass is 302 g/mol. The normalized spacial score (nSPS) is 10.1. The van der Waals surface area contributed by atoms with Crippen molar-refractivity contribution in [1.82, 2.24) is 0 Å². The summed E-state index contributed by atoms with van der Waals surface area (Å²) < 4.78 is 5.90. The van der Waals surface area contributed by atoms with Crippen molar-refractivity contribution in [1.29, 1.82) is 0 Å². The quantitative estimate of drug-likeness (QED) is 0.619. The van der Waals surface area contributed by atoms with E-state index >= 15 is 0 Å². The van der Waals surface area contributed by atoms with Crippen LogP contribution >= 0.6 is 15.9 Å². The van der Waals surface area contributed by atoms with E-state index in [1.54, 1.807) is 0 Å². The van der Waals surface area contributed by atoms with Gasteiger partial charge in [-0.25, -0.2) is 0 Å². The predicted molar refractivity (Wildman–Crippen MR) is 70.9 cm³/mol. The molecule has 5 nitrogen and oxygen atoms in total. The zero-order chi connectivity index (χ0) is 13.0. The van der Waals surface area contributed by atoms with E-state index in [2.05, 4.69) is 20.8 Å². The molecule has 0 bridgehead atoms. The van der Waals surface area contributed by atoms with Gasteiger partial charge in [-0.1, -0.05) is 0 Å². The van der Waals surface area contributed by atoms with E-state index in [0.717, 1.165) is 18.8 Å². The number of rotatable bonds is 5. The van der Waals surface area contributed by atoms with Crippen LogP contribution in [0.3, 0.4) is 0 Å². The molecule has 0 amide bonds. The molecule has 0 aliphatic rings. The molecule has 0 saturated heterocycles. The Kier molecular flexibility index (Phi) is 4.74. The van der Waals surface area contributed by atoms with Gasteiger partial charge in [-0.2, -0.15) is 0 Å². The molecule has 94 valence electrons. The molecule has 1 rings (SSSR count). The van der Waals surface area contributed by atoms with Gasteiger partial charge in [-0.05, 0) is 29.8 Å². The van der Waals surface area contributed by atoms with Gasteiger partial charge in [0, 0.05) is 19.2 Å². The highest BCUT2D eigenvalue weighted by atomic mass is 79.9. The Morgan fingerprint density at radius 3 is 2.41 bits per heavy atom. The zero-order valence-corrected chi connectivity index (χ0v) is 11.7. The molecule has 0 unspecified atom stereocenters. The molecule has 1 aromatic carbocycles. The topological polar surface area (TPSA) is 55.6 Å². The minimum absolute atomic E-state index is 0.0182.